The van der Waals surface area contributed by atoms with Gasteiger partial charge in [0.25, 0.3) is 5.69 Å². The van der Waals surface area contributed by atoms with Crippen LogP contribution in [0.5, 0.6) is 0 Å². The molecule has 1 N–H and O–H groups in total. The first-order chi connectivity index (χ1) is 9.67. The van der Waals surface area contributed by atoms with Crippen LogP contribution in [0, 0.1) is 10.1 Å². The number of nitrogens with one attached hydrogen (secondary N) is 1. The number of nitro benzene ring substituents is 1. The van der Waals surface area contributed by atoms with Crippen LogP contribution in [0.2, 0.25) is 0 Å². The van der Waals surface area contributed by atoms with Gasteiger partial charge in [-0.2, -0.15) is 13.2 Å². The van der Waals surface area contributed by atoms with Crippen LogP contribution in [0.15, 0.2) is 24.3 Å². The molecule has 5 nitrogen and oxygen atoms in total. The van der Waals surface area contributed by atoms with Gasteiger partial charge in [-0.05, 0) is 25.3 Å². The molecule has 1 aliphatic carbocycles. The highest BCUT2D eigenvalue weighted by Crippen LogP contribution is 2.51. The van der Waals surface area contributed by atoms with Crippen molar-refractivity contribution in [2.45, 2.75) is 37.4 Å². The predicted molar refractivity (Wildman–Crippen MR) is 67.7 cm³/mol. The minimum atomic E-state index is -4.92. The van der Waals surface area contributed by atoms with Crippen molar-refractivity contribution in [1.29, 1.82) is 0 Å². The van der Waals surface area contributed by atoms with Gasteiger partial charge in [0.1, 0.15) is 0 Å². The molecule has 1 unspecified atom stereocenters. The summed E-state index contributed by atoms with van der Waals surface area (Å²) in [6.45, 7) is 1.51. The van der Waals surface area contributed by atoms with E-state index in [0.29, 0.717) is 18.4 Å². The normalized spacial score (nSPS) is 17.9. The van der Waals surface area contributed by atoms with Gasteiger partial charge < -0.3 is 5.32 Å². The second kappa shape index (κ2) is 5.01. The largest absolute Gasteiger partial charge is 0.471 e. The number of non-ortho nitro benzene ring substituents is 1. The summed E-state index contributed by atoms with van der Waals surface area (Å²) in [5.41, 5.74) is 0.0420. The number of alkyl halides is 3. The monoisotopic (exact) mass is 302 g/mol. The van der Waals surface area contributed by atoms with Gasteiger partial charge in [0.05, 0.1) is 4.92 Å². The fourth-order valence-corrected chi connectivity index (χ4v) is 2.44. The summed E-state index contributed by atoms with van der Waals surface area (Å²) in [6.07, 6.45) is -3.66. The van der Waals surface area contributed by atoms with E-state index in [4.69, 9.17) is 0 Å². The fourth-order valence-electron chi connectivity index (χ4n) is 2.44. The molecule has 2 rings (SSSR count). The summed E-state index contributed by atoms with van der Waals surface area (Å²) in [6, 6.07) is 4.98. The van der Waals surface area contributed by atoms with Crippen LogP contribution in [0.4, 0.5) is 18.9 Å². The number of nitrogens with zero attached hydrogens (tertiary/aromatic N) is 1. The molecule has 1 aromatic carbocycles. The van der Waals surface area contributed by atoms with E-state index in [1.807, 2.05) is 5.32 Å². The molecule has 0 aromatic heterocycles. The SMILES string of the molecule is CC(NC(=O)C(F)(F)F)C1(c2ccc([N+](=O)[O-])cc2)CC1. The number of carbonyl (C=O) groups is 1. The second-order valence-corrected chi connectivity index (χ2v) is 5.15. The molecule has 0 heterocycles. The zero-order valence-electron chi connectivity index (χ0n) is 11.1. The highest BCUT2D eigenvalue weighted by Gasteiger charge is 2.51. The van der Waals surface area contributed by atoms with Gasteiger partial charge in [-0.15, -0.1) is 0 Å². The van der Waals surface area contributed by atoms with E-state index in [0.717, 1.165) is 0 Å². The van der Waals surface area contributed by atoms with E-state index >= 15 is 0 Å². The Morgan fingerprint density at radius 2 is 1.86 bits per heavy atom. The Labute approximate surface area is 118 Å². The van der Waals surface area contributed by atoms with Crippen LogP contribution < -0.4 is 5.32 Å². The van der Waals surface area contributed by atoms with Gasteiger partial charge in [-0.25, -0.2) is 0 Å². The fraction of sp³-hybridized carbons (Fsp3) is 0.462. The van der Waals surface area contributed by atoms with Crippen LogP contribution in [-0.4, -0.2) is 23.0 Å². The quantitative estimate of drug-likeness (QED) is 0.686. The zero-order valence-corrected chi connectivity index (χ0v) is 11.1. The van der Waals surface area contributed by atoms with Crippen LogP contribution in [0.3, 0.4) is 0 Å². The van der Waals surface area contributed by atoms with Gasteiger partial charge in [0.2, 0.25) is 0 Å². The van der Waals surface area contributed by atoms with E-state index in [2.05, 4.69) is 0 Å². The van der Waals surface area contributed by atoms with Crippen LogP contribution >= 0.6 is 0 Å². The maximum absolute atomic E-state index is 12.3. The minimum absolute atomic E-state index is 0.0819. The molecule has 1 aliphatic rings. The van der Waals surface area contributed by atoms with Crippen LogP contribution in [-0.2, 0) is 10.2 Å². The zero-order chi connectivity index (χ0) is 15.8. The summed E-state index contributed by atoms with van der Waals surface area (Å²) >= 11 is 0. The molecule has 114 valence electrons. The lowest BCUT2D eigenvalue weighted by molar-refractivity contribution is -0.384. The van der Waals surface area contributed by atoms with Gasteiger partial charge in [-0.3, -0.25) is 14.9 Å². The summed E-state index contributed by atoms with van der Waals surface area (Å²) in [5, 5.41) is 12.6. The van der Waals surface area contributed by atoms with Crippen molar-refractivity contribution in [3.8, 4) is 0 Å². The Morgan fingerprint density at radius 1 is 1.33 bits per heavy atom. The van der Waals surface area contributed by atoms with E-state index in [-0.39, 0.29) is 5.69 Å². The highest BCUT2D eigenvalue weighted by molar-refractivity contribution is 5.82. The third-order valence-corrected chi connectivity index (χ3v) is 3.88. The van der Waals surface area contributed by atoms with E-state index < -0.39 is 28.5 Å². The maximum atomic E-state index is 12.3. The lowest BCUT2D eigenvalue weighted by atomic mass is 9.89. The number of hydrogen-bond donors (Lipinski definition) is 1. The Bertz CT molecular complexity index is 565. The molecule has 0 bridgehead atoms. The average Bonchev–Trinajstić information content (AvgIpc) is 3.19. The molecule has 8 heteroatoms. The number of hydrogen-bond acceptors (Lipinski definition) is 3. The lowest BCUT2D eigenvalue weighted by Gasteiger charge is -2.25. The summed E-state index contributed by atoms with van der Waals surface area (Å²) in [5.74, 6) is -1.97. The van der Waals surface area contributed by atoms with Crippen molar-refractivity contribution in [3.63, 3.8) is 0 Å². The Hall–Kier alpha value is -2.12. The molecule has 1 atom stereocenters. The first-order valence-corrected chi connectivity index (χ1v) is 6.29. The van der Waals surface area contributed by atoms with Crippen LogP contribution in [0.25, 0.3) is 0 Å². The molecular formula is C13H13F3N2O3. The molecular weight excluding hydrogens is 289 g/mol. The molecule has 0 saturated heterocycles. The summed E-state index contributed by atoms with van der Waals surface area (Å²) in [4.78, 5) is 21.0. The molecule has 1 amide bonds. The first kappa shape index (κ1) is 15.3. The van der Waals surface area contributed by atoms with Crippen molar-refractivity contribution in [2.24, 2.45) is 0 Å². The smallest absolute Gasteiger partial charge is 0.345 e. The van der Waals surface area contributed by atoms with E-state index in [1.54, 1.807) is 0 Å². The maximum Gasteiger partial charge on any atom is 0.471 e. The minimum Gasteiger partial charge on any atom is -0.345 e. The molecule has 21 heavy (non-hydrogen) atoms. The Morgan fingerprint density at radius 3 is 2.24 bits per heavy atom. The number of rotatable bonds is 4. The van der Waals surface area contributed by atoms with E-state index in [9.17, 15) is 28.1 Å². The second-order valence-electron chi connectivity index (χ2n) is 5.15. The predicted octanol–water partition coefficient (Wildman–Crippen LogP) is 2.69. The van der Waals surface area contributed by atoms with Crippen molar-refractivity contribution in [2.75, 3.05) is 0 Å². The van der Waals surface area contributed by atoms with Gasteiger partial charge in [0, 0.05) is 23.6 Å². The number of amides is 1. The summed E-state index contributed by atoms with van der Waals surface area (Å²) < 4.78 is 36.8. The topological polar surface area (TPSA) is 72.2 Å². The number of carbonyl (C=O) groups excluding carboxylic acids is 1. The summed E-state index contributed by atoms with van der Waals surface area (Å²) in [7, 11) is 0. The van der Waals surface area contributed by atoms with Crippen molar-refractivity contribution in [1.82, 2.24) is 5.32 Å². The third-order valence-electron chi connectivity index (χ3n) is 3.88. The third kappa shape index (κ3) is 2.98. The van der Waals surface area contributed by atoms with E-state index in [1.165, 1.54) is 31.2 Å². The number of halogens is 3. The molecule has 1 saturated carbocycles. The Balaban J connectivity index is 2.15. The van der Waals surface area contributed by atoms with Crippen LogP contribution in [0.1, 0.15) is 25.3 Å². The van der Waals surface area contributed by atoms with Crippen molar-refractivity contribution >= 4 is 11.6 Å². The van der Waals surface area contributed by atoms with Gasteiger partial charge in [-0.1, -0.05) is 12.1 Å². The first-order valence-electron chi connectivity index (χ1n) is 6.29. The molecule has 0 radical (unpaired) electrons. The van der Waals surface area contributed by atoms with Gasteiger partial charge in [0.15, 0.2) is 0 Å². The Kier molecular flexibility index (Phi) is 3.65. The number of nitro groups is 1. The van der Waals surface area contributed by atoms with Gasteiger partial charge >= 0.3 is 12.1 Å². The average molecular weight is 302 g/mol. The number of benzene rings is 1. The lowest BCUT2D eigenvalue weighted by Crippen LogP contribution is -2.47. The molecule has 1 aromatic rings. The van der Waals surface area contributed by atoms with Crippen molar-refractivity contribution < 1.29 is 22.9 Å². The molecule has 0 aliphatic heterocycles. The standard InChI is InChI=1S/C13H13F3N2O3/c1-8(17-11(19)13(14,15)16)12(6-7-12)9-2-4-10(5-3-9)18(20)21/h2-5,8H,6-7H2,1H3,(H,17,19). The highest BCUT2D eigenvalue weighted by atomic mass is 19.4. The molecule has 0 spiro atoms. The van der Waals surface area contributed by atoms with Crippen molar-refractivity contribution in [3.05, 3.63) is 39.9 Å². The molecule has 1 fully saturated rings.